The maximum absolute atomic E-state index is 13.9. The predicted octanol–water partition coefficient (Wildman–Crippen LogP) is 4.26. The first-order chi connectivity index (χ1) is 11.2. The maximum Gasteiger partial charge on any atom is 0.299 e. The lowest BCUT2D eigenvalue weighted by molar-refractivity contribution is 0.0694. The minimum Gasteiger partial charge on any atom is -0.225 e. The van der Waals surface area contributed by atoms with Gasteiger partial charge >= 0.3 is 0 Å². The van der Waals surface area contributed by atoms with E-state index in [0.29, 0.717) is 5.56 Å². The van der Waals surface area contributed by atoms with Crippen molar-refractivity contribution in [1.82, 2.24) is 0 Å². The Morgan fingerprint density at radius 2 is 1.58 bits per heavy atom. The third-order valence-electron chi connectivity index (χ3n) is 2.99. The normalized spacial score (nSPS) is 12.9. The second kappa shape index (κ2) is 6.70. The minimum atomic E-state index is -4.70. The van der Waals surface area contributed by atoms with E-state index in [1.807, 2.05) is 0 Å². The molecule has 1 unspecified atom stereocenters. The highest BCUT2D eigenvalue weighted by atomic mass is 32.2. The van der Waals surface area contributed by atoms with Crippen molar-refractivity contribution in [2.24, 2.45) is 0 Å². The molecule has 0 amide bonds. The van der Waals surface area contributed by atoms with E-state index in [1.54, 1.807) is 0 Å². The number of rotatable bonds is 5. The summed E-state index contributed by atoms with van der Waals surface area (Å²) in [7, 11) is -4.70. The van der Waals surface area contributed by atoms with Gasteiger partial charge < -0.3 is 0 Å². The van der Waals surface area contributed by atoms with E-state index < -0.39 is 50.2 Å². The maximum atomic E-state index is 13.9. The zero-order chi connectivity index (χ0) is 18.1. The van der Waals surface area contributed by atoms with Gasteiger partial charge in [0.15, 0.2) is 23.3 Å². The zero-order valence-electron chi connectivity index (χ0n) is 11.8. The summed E-state index contributed by atoms with van der Waals surface area (Å²) in [5.41, 5.74) is -0.850. The molecule has 0 radical (unpaired) electrons. The van der Waals surface area contributed by atoms with Crippen LogP contribution in [0.5, 0.6) is 0 Å². The van der Waals surface area contributed by atoms with Gasteiger partial charge in [-0.15, -0.1) is 0 Å². The van der Waals surface area contributed by atoms with Crippen molar-refractivity contribution in [1.29, 1.82) is 0 Å². The second-order valence-electron chi connectivity index (χ2n) is 4.53. The number of halogens is 5. The van der Waals surface area contributed by atoms with Gasteiger partial charge in [-0.25, -0.2) is 26.1 Å². The van der Waals surface area contributed by atoms with Gasteiger partial charge in [0.05, 0.1) is 10.5 Å². The first kappa shape index (κ1) is 18.1. The largest absolute Gasteiger partial charge is 0.299 e. The SMILES string of the molecule is C=Cc1ccc(S(=O)(=O)OC(F)c2cc(F)c(F)c(F)c2F)cc1. The summed E-state index contributed by atoms with van der Waals surface area (Å²) in [4.78, 5) is -0.473. The van der Waals surface area contributed by atoms with Crippen LogP contribution in [-0.4, -0.2) is 8.42 Å². The second-order valence-corrected chi connectivity index (χ2v) is 6.10. The van der Waals surface area contributed by atoms with Crippen LogP contribution in [0.25, 0.3) is 6.08 Å². The van der Waals surface area contributed by atoms with Gasteiger partial charge in [0.2, 0.25) is 6.36 Å². The molecule has 0 saturated heterocycles. The number of alkyl halides is 1. The van der Waals surface area contributed by atoms with Gasteiger partial charge in [0, 0.05) is 0 Å². The molecule has 2 rings (SSSR count). The molecule has 2 aromatic carbocycles. The van der Waals surface area contributed by atoms with Gasteiger partial charge in [0.25, 0.3) is 10.1 Å². The van der Waals surface area contributed by atoms with Crippen LogP contribution >= 0.6 is 0 Å². The molecule has 0 aliphatic rings. The fraction of sp³-hybridized carbons (Fsp3) is 0.0667. The number of hydrogen-bond donors (Lipinski definition) is 0. The minimum absolute atomic E-state index is 0.0191. The molecule has 0 aliphatic carbocycles. The molecule has 0 saturated carbocycles. The van der Waals surface area contributed by atoms with Gasteiger partial charge in [-0.05, 0) is 23.8 Å². The van der Waals surface area contributed by atoms with Crippen molar-refractivity contribution in [3.8, 4) is 0 Å². The highest BCUT2D eigenvalue weighted by molar-refractivity contribution is 7.86. The van der Waals surface area contributed by atoms with Crippen LogP contribution in [0.3, 0.4) is 0 Å². The number of hydrogen-bond acceptors (Lipinski definition) is 3. The molecular weight excluding hydrogens is 355 g/mol. The average Bonchev–Trinajstić information content (AvgIpc) is 2.55. The molecule has 0 heterocycles. The Bertz CT molecular complexity index is 879. The van der Waals surface area contributed by atoms with E-state index in [9.17, 15) is 30.4 Å². The van der Waals surface area contributed by atoms with Crippen molar-refractivity contribution in [2.45, 2.75) is 11.3 Å². The van der Waals surface area contributed by atoms with Crippen molar-refractivity contribution >= 4 is 16.2 Å². The molecule has 0 aromatic heterocycles. The van der Waals surface area contributed by atoms with E-state index in [2.05, 4.69) is 10.8 Å². The average molecular weight is 364 g/mol. The van der Waals surface area contributed by atoms with Crippen LogP contribution in [-0.2, 0) is 14.3 Å². The smallest absolute Gasteiger partial charge is 0.225 e. The van der Waals surface area contributed by atoms with Gasteiger partial charge in [-0.3, -0.25) is 0 Å². The Hall–Kier alpha value is -2.26. The molecule has 3 nitrogen and oxygen atoms in total. The highest BCUT2D eigenvalue weighted by Crippen LogP contribution is 2.30. The first-order valence-electron chi connectivity index (χ1n) is 6.30. The molecule has 0 aliphatic heterocycles. The Kier molecular flexibility index (Phi) is 5.05. The highest BCUT2D eigenvalue weighted by Gasteiger charge is 2.29. The Morgan fingerprint density at radius 1 is 1.00 bits per heavy atom. The van der Waals surface area contributed by atoms with E-state index in [4.69, 9.17) is 0 Å². The van der Waals surface area contributed by atoms with Crippen LogP contribution in [0.4, 0.5) is 22.0 Å². The summed E-state index contributed by atoms with van der Waals surface area (Å²) in [6.45, 7) is 3.46. The summed E-state index contributed by atoms with van der Waals surface area (Å²) in [5, 5.41) is 0. The van der Waals surface area contributed by atoms with E-state index in [1.165, 1.54) is 18.2 Å². The summed E-state index contributed by atoms with van der Waals surface area (Å²) < 4.78 is 94.2. The van der Waals surface area contributed by atoms with Crippen molar-refractivity contribution in [2.75, 3.05) is 0 Å². The van der Waals surface area contributed by atoms with Crippen molar-refractivity contribution < 1.29 is 34.6 Å². The fourth-order valence-electron chi connectivity index (χ4n) is 1.75. The van der Waals surface area contributed by atoms with Crippen molar-refractivity contribution in [3.05, 3.63) is 71.3 Å². The standard InChI is InChI=1S/C15H9F5O3S/c1-2-8-3-5-9(6-4-8)24(21,22)23-15(20)10-7-11(16)13(18)14(19)12(10)17/h2-7,15H,1H2. The summed E-state index contributed by atoms with van der Waals surface area (Å²) in [6.07, 6.45) is -1.65. The molecule has 9 heteroatoms. The Balaban J connectivity index is 2.34. The van der Waals surface area contributed by atoms with Crippen LogP contribution in [0.2, 0.25) is 0 Å². The van der Waals surface area contributed by atoms with E-state index in [0.717, 1.165) is 12.1 Å². The topological polar surface area (TPSA) is 43.4 Å². The first-order valence-corrected chi connectivity index (χ1v) is 7.71. The van der Waals surface area contributed by atoms with Gasteiger partial charge in [-0.1, -0.05) is 24.8 Å². The van der Waals surface area contributed by atoms with E-state index in [-0.39, 0.29) is 6.07 Å². The molecule has 0 bridgehead atoms. The van der Waals surface area contributed by atoms with Crippen molar-refractivity contribution in [3.63, 3.8) is 0 Å². The van der Waals surface area contributed by atoms with Crippen LogP contribution in [0.1, 0.15) is 17.5 Å². The molecule has 0 fully saturated rings. The molecule has 24 heavy (non-hydrogen) atoms. The van der Waals surface area contributed by atoms with Gasteiger partial charge in [-0.2, -0.15) is 8.42 Å². The molecule has 1 atom stereocenters. The fourth-order valence-corrected chi connectivity index (χ4v) is 2.65. The summed E-state index contributed by atoms with van der Waals surface area (Å²) >= 11 is 0. The molecule has 0 N–H and O–H groups in total. The molecule has 2 aromatic rings. The third-order valence-corrected chi connectivity index (χ3v) is 4.26. The summed E-state index contributed by atoms with van der Waals surface area (Å²) in [6, 6.07) is 4.81. The van der Waals surface area contributed by atoms with Crippen LogP contribution < -0.4 is 0 Å². The van der Waals surface area contributed by atoms with Crippen LogP contribution in [0, 0.1) is 23.3 Å². The third kappa shape index (κ3) is 3.46. The quantitative estimate of drug-likeness (QED) is 0.345. The summed E-state index contributed by atoms with van der Waals surface area (Å²) in [5.74, 6) is -8.39. The monoisotopic (exact) mass is 364 g/mol. The molecular formula is C15H9F5O3S. The molecule has 128 valence electrons. The van der Waals surface area contributed by atoms with Gasteiger partial charge in [0.1, 0.15) is 0 Å². The molecule has 0 spiro atoms. The number of benzene rings is 2. The Labute approximate surface area is 134 Å². The lowest BCUT2D eigenvalue weighted by Crippen LogP contribution is -2.12. The Morgan fingerprint density at radius 3 is 2.12 bits per heavy atom. The van der Waals surface area contributed by atoms with Crippen LogP contribution in [0.15, 0.2) is 41.8 Å². The van der Waals surface area contributed by atoms with E-state index >= 15 is 0 Å². The lowest BCUT2D eigenvalue weighted by atomic mass is 10.2. The zero-order valence-corrected chi connectivity index (χ0v) is 12.6. The predicted molar refractivity (Wildman–Crippen MR) is 74.9 cm³/mol. The lowest BCUT2D eigenvalue weighted by Gasteiger charge is -2.12.